The highest BCUT2D eigenvalue weighted by molar-refractivity contribution is 5.86. The summed E-state index contributed by atoms with van der Waals surface area (Å²) in [6.07, 6.45) is 3.36. The third-order valence-corrected chi connectivity index (χ3v) is 3.53. The molecule has 0 radical (unpaired) electrons. The van der Waals surface area contributed by atoms with E-state index in [4.69, 9.17) is 0 Å². The van der Waals surface area contributed by atoms with Crippen molar-refractivity contribution in [3.8, 4) is 0 Å². The van der Waals surface area contributed by atoms with Gasteiger partial charge in [0.2, 0.25) is 0 Å². The second kappa shape index (κ2) is 5.28. The molecule has 0 bridgehead atoms. The standard InChI is InChI=1S/C15H17N5/c1-3-20(9-12-7-5-4-6-11(12)2)15-13-8-18-19-14(13)16-10-17-15/h4-8,10H,3,9H2,1-2H3,(H,16,17,18,19). The summed E-state index contributed by atoms with van der Waals surface area (Å²) in [5.41, 5.74) is 3.38. The summed E-state index contributed by atoms with van der Waals surface area (Å²) in [4.78, 5) is 10.9. The Labute approximate surface area is 117 Å². The lowest BCUT2D eigenvalue weighted by Gasteiger charge is -2.23. The van der Waals surface area contributed by atoms with Crippen LogP contribution in [0, 0.1) is 6.92 Å². The van der Waals surface area contributed by atoms with Crippen LogP contribution in [0.2, 0.25) is 0 Å². The molecule has 0 fully saturated rings. The zero-order valence-electron chi connectivity index (χ0n) is 11.7. The Hall–Kier alpha value is -2.43. The first-order valence-electron chi connectivity index (χ1n) is 6.73. The van der Waals surface area contributed by atoms with E-state index in [1.165, 1.54) is 11.1 Å². The van der Waals surface area contributed by atoms with Crippen LogP contribution in [0.3, 0.4) is 0 Å². The zero-order valence-corrected chi connectivity index (χ0v) is 11.7. The minimum atomic E-state index is 0.776. The van der Waals surface area contributed by atoms with Crippen molar-refractivity contribution in [2.45, 2.75) is 20.4 Å². The van der Waals surface area contributed by atoms with Gasteiger partial charge in [0.15, 0.2) is 5.65 Å². The smallest absolute Gasteiger partial charge is 0.160 e. The summed E-state index contributed by atoms with van der Waals surface area (Å²) in [5.74, 6) is 0.925. The molecular formula is C15H17N5. The van der Waals surface area contributed by atoms with Crippen LogP contribution in [-0.2, 0) is 6.54 Å². The highest BCUT2D eigenvalue weighted by Crippen LogP contribution is 2.23. The largest absolute Gasteiger partial charge is 0.352 e. The number of benzene rings is 1. The van der Waals surface area contributed by atoms with Crippen molar-refractivity contribution in [2.75, 3.05) is 11.4 Å². The third kappa shape index (κ3) is 2.22. The molecule has 0 aliphatic carbocycles. The van der Waals surface area contributed by atoms with Crippen molar-refractivity contribution in [1.29, 1.82) is 0 Å². The van der Waals surface area contributed by atoms with E-state index in [1.807, 2.05) is 0 Å². The minimum absolute atomic E-state index is 0.776. The average Bonchev–Trinajstić information content (AvgIpc) is 2.95. The van der Waals surface area contributed by atoms with Crippen LogP contribution in [0.4, 0.5) is 5.82 Å². The molecule has 0 aliphatic heterocycles. The van der Waals surface area contributed by atoms with Gasteiger partial charge in [-0.1, -0.05) is 24.3 Å². The normalized spacial score (nSPS) is 10.9. The van der Waals surface area contributed by atoms with E-state index in [0.717, 1.165) is 29.9 Å². The van der Waals surface area contributed by atoms with Gasteiger partial charge in [0.05, 0.1) is 11.6 Å². The molecule has 3 rings (SSSR count). The van der Waals surface area contributed by atoms with Crippen molar-refractivity contribution in [2.24, 2.45) is 0 Å². The van der Waals surface area contributed by atoms with E-state index in [0.29, 0.717) is 0 Å². The van der Waals surface area contributed by atoms with Crippen molar-refractivity contribution in [3.63, 3.8) is 0 Å². The fourth-order valence-electron chi connectivity index (χ4n) is 2.33. The molecule has 0 saturated heterocycles. The van der Waals surface area contributed by atoms with E-state index in [9.17, 15) is 0 Å². The topological polar surface area (TPSA) is 57.7 Å². The lowest BCUT2D eigenvalue weighted by molar-refractivity contribution is 0.812. The molecule has 0 spiro atoms. The molecule has 5 heteroatoms. The second-order valence-corrected chi connectivity index (χ2v) is 4.77. The summed E-state index contributed by atoms with van der Waals surface area (Å²) < 4.78 is 0. The Morgan fingerprint density at radius 1 is 1.20 bits per heavy atom. The monoisotopic (exact) mass is 267 g/mol. The average molecular weight is 267 g/mol. The SMILES string of the molecule is CCN(Cc1ccccc1C)c1ncnc2[nH]ncc12. The summed E-state index contributed by atoms with van der Waals surface area (Å²) in [6, 6.07) is 8.43. The first-order valence-corrected chi connectivity index (χ1v) is 6.73. The van der Waals surface area contributed by atoms with Gasteiger partial charge in [-0.2, -0.15) is 5.10 Å². The quantitative estimate of drug-likeness (QED) is 0.789. The fraction of sp³-hybridized carbons (Fsp3) is 0.267. The first-order chi connectivity index (χ1) is 9.79. The predicted molar refractivity (Wildman–Crippen MR) is 79.6 cm³/mol. The van der Waals surface area contributed by atoms with Gasteiger partial charge in [-0.25, -0.2) is 9.97 Å². The lowest BCUT2D eigenvalue weighted by atomic mass is 10.1. The van der Waals surface area contributed by atoms with Crippen molar-refractivity contribution >= 4 is 16.9 Å². The number of nitrogens with zero attached hydrogens (tertiary/aromatic N) is 4. The molecule has 102 valence electrons. The van der Waals surface area contributed by atoms with Crippen LogP contribution in [0.5, 0.6) is 0 Å². The molecule has 0 aliphatic rings. The maximum Gasteiger partial charge on any atom is 0.160 e. The number of rotatable bonds is 4. The Bertz CT molecular complexity index is 719. The Morgan fingerprint density at radius 2 is 2.05 bits per heavy atom. The van der Waals surface area contributed by atoms with E-state index in [-0.39, 0.29) is 0 Å². The number of aryl methyl sites for hydroxylation is 1. The van der Waals surface area contributed by atoms with Gasteiger partial charge in [0, 0.05) is 13.1 Å². The summed E-state index contributed by atoms with van der Waals surface area (Å²) in [7, 11) is 0. The molecule has 20 heavy (non-hydrogen) atoms. The molecule has 0 amide bonds. The van der Waals surface area contributed by atoms with Crippen molar-refractivity contribution < 1.29 is 0 Å². The van der Waals surface area contributed by atoms with Gasteiger partial charge in [0.25, 0.3) is 0 Å². The van der Waals surface area contributed by atoms with Crippen LogP contribution in [0.1, 0.15) is 18.1 Å². The van der Waals surface area contributed by atoms with Gasteiger partial charge in [-0.15, -0.1) is 0 Å². The molecule has 5 nitrogen and oxygen atoms in total. The third-order valence-electron chi connectivity index (χ3n) is 3.53. The Balaban J connectivity index is 1.98. The van der Waals surface area contributed by atoms with E-state index in [1.54, 1.807) is 12.5 Å². The molecule has 1 N–H and O–H groups in total. The van der Waals surface area contributed by atoms with E-state index in [2.05, 4.69) is 63.2 Å². The van der Waals surface area contributed by atoms with Gasteiger partial charge in [-0.05, 0) is 25.0 Å². The van der Waals surface area contributed by atoms with Gasteiger partial charge in [0.1, 0.15) is 12.1 Å². The van der Waals surface area contributed by atoms with Crippen LogP contribution >= 0.6 is 0 Å². The van der Waals surface area contributed by atoms with Gasteiger partial charge >= 0.3 is 0 Å². The van der Waals surface area contributed by atoms with Crippen molar-refractivity contribution in [3.05, 3.63) is 47.9 Å². The number of H-pyrrole nitrogens is 1. The lowest BCUT2D eigenvalue weighted by Crippen LogP contribution is -2.23. The number of aromatic nitrogens is 4. The summed E-state index contributed by atoms with van der Waals surface area (Å²) >= 11 is 0. The van der Waals surface area contributed by atoms with Gasteiger partial charge in [-0.3, -0.25) is 5.10 Å². The molecule has 0 atom stereocenters. The first kappa shape index (κ1) is 12.6. The highest BCUT2D eigenvalue weighted by atomic mass is 15.2. The molecule has 3 aromatic rings. The molecular weight excluding hydrogens is 250 g/mol. The van der Waals surface area contributed by atoms with E-state index < -0.39 is 0 Å². The number of aromatic amines is 1. The maximum absolute atomic E-state index is 4.43. The van der Waals surface area contributed by atoms with Crippen molar-refractivity contribution in [1.82, 2.24) is 20.2 Å². The summed E-state index contributed by atoms with van der Waals surface area (Å²) in [6.45, 7) is 5.98. The second-order valence-electron chi connectivity index (χ2n) is 4.77. The zero-order chi connectivity index (χ0) is 13.9. The van der Waals surface area contributed by atoms with Gasteiger partial charge < -0.3 is 4.90 Å². The number of hydrogen-bond acceptors (Lipinski definition) is 4. The van der Waals surface area contributed by atoms with Crippen LogP contribution in [0.15, 0.2) is 36.8 Å². The number of anilines is 1. The number of fused-ring (bicyclic) bond motifs is 1. The number of nitrogens with one attached hydrogen (secondary N) is 1. The van der Waals surface area contributed by atoms with Crippen LogP contribution in [0.25, 0.3) is 11.0 Å². The minimum Gasteiger partial charge on any atom is -0.352 e. The number of hydrogen-bond donors (Lipinski definition) is 1. The molecule has 2 aromatic heterocycles. The molecule has 2 heterocycles. The molecule has 1 aromatic carbocycles. The predicted octanol–water partition coefficient (Wildman–Crippen LogP) is 2.69. The van der Waals surface area contributed by atoms with Crippen LogP contribution in [-0.4, -0.2) is 26.7 Å². The Morgan fingerprint density at radius 3 is 2.85 bits per heavy atom. The molecule has 0 unspecified atom stereocenters. The summed E-state index contributed by atoms with van der Waals surface area (Å²) in [5, 5.41) is 7.90. The Kier molecular flexibility index (Phi) is 3.33. The molecule has 0 saturated carbocycles. The maximum atomic E-state index is 4.43. The van der Waals surface area contributed by atoms with E-state index >= 15 is 0 Å². The fourth-order valence-corrected chi connectivity index (χ4v) is 2.33. The van der Waals surface area contributed by atoms with Crippen LogP contribution < -0.4 is 4.90 Å². The highest BCUT2D eigenvalue weighted by Gasteiger charge is 2.13.